The van der Waals surface area contributed by atoms with Gasteiger partial charge in [-0.3, -0.25) is 0 Å². The molecular formula is C8H5Br2NS. The summed E-state index contributed by atoms with van der Waals surface area (Å²) in [7, 11) is 0. The third-order valence-electron chi connectivity index (χ3n) is 1.69. The number of rotatable bonds is 0. The van der Waals surface area contributed by atoms with Crippen molar-refractivity contribution in [2.45, 2.75) is 6.92 Å². The van der Waals surface area contributed by atoms with E-state index in [2.05, 4.69) is 36.2 Å². The van der Waals surface area contributed by atoms with Gasteiger partial charge >= 0.3 is 0 Å². The van der Waals surface area contributed by atoms with Crippen molar-refractivity contribution in [3.63, 3.8) is 0 Å². The van der Waals surface area contributed by atoms with Crippen LogP contribution in [0.15, 0.2) is 21.1 Å². The Morgan fingerprint density at radius 1 is 1.25 bits per heavy atom. The summed E-state index contributed by atoms with van der Waals surface area (Å²) in [6.45, 7) is 2.02. The number of hydrogen-bond acceptors (Lipinski definition) is 2. The number of nitrogens with zero attached hydrogens (tertiary/aromatic N) is 1. The van der Waals surface area contributed by atoms with E-state index >= 15 is 0 Å². The standard InChI is InChI=1S/C8H5Br2NS/c1-4-7-5(9)2-3-6(10)8(7)12-11-4/h2-3H,1H3. The van der Waals surface area contributed by atoms with Crippen molar-refractivity contribution >= 4 is 53.5 Å². The first kappa shape index (κ1) is 8.66. The molecule has 0 atom stereocenters. The largest absolute Gasteiger partial charge is 0.197 e. The molecular weight excluding hydrogens is 302 g/mol. The second-order valence-corrected chi connectivity index (χ2v) is 4.98. The molecule has 0 saturated heterocycles. The van der Waals surface area contributed by atoms with Crippen LogP contribution in [0, 0.1) is 6.92 Å². The van der Waals surface area contributed by atoms with Crippen molar-refractivity contribution in [3.8, 4) is 0 Å². The summed E-state index contributed by atoms with van der Waals surface area (Å²) in [5, 5.41) is 1.22. The first-order valence-electron chi connectivity index (χ1n) is 3.40. The third-order valence-corrected chi connectivity index (χ3v) is 4.25. The number of aryl methyl sites for hydroxylation is 1. The van der Waals surface area contributed by atoms with Gasteiger partial charge in [0.2, 0.25) is 0 Å². The molecule has 2 rings (SSSR count). The number of aromatic nitrogens is 1. The lowest BCUT2D eigenvalue weighted by atomic mass is 10.2. The first-order chi connectivity index (χ1) is 5.70. The fraction of sp³-hybridized carbons (Fsp3) is 0.125. The third kappa shape index (κ3) is 1.22. The first-order valence-corrected chi connectivity index (χ1v) is 5.76. The maximum atomic E-state index is 4.30. The Kier molecular flexibility index (Phi) is 2.23. The molecule has 1 aromatic heterocycles. The van der Waals surface area contributed by atoms with Gasteiger partial charge in [-0.05, 0) is 46.5 Å². The topological polar surface area (TPSA) is 12.9 Å². The molecule has 0 saturated carbocycles. The lowest BCUT2D eigenvalue weighted by molar-refractivity contribution is 1.37. The van der Waals surface area contributed by atoms with Gasteiger partial charge in [0.25, 0.3) is 0 Å². The van der Waals surface area contributed by atoms with Crippen LogP contribution in [0.25, 0.3) is 10.1 Å². The average molecular weight is 307 g/mol. The highest BCUT2D eigenvalue weighted by Gasteiger charge is 2.08. The van der Waals surface area contributed by atoms with E-state index < -0.39 is 0 Å². The fourth-order valence-electron chi connectivity index (χ4n) is 1.12. The normalized spacial score (nSPS) is 10.9. The highest BCUT2D eigenvalue weighted by molar-refractivity contribution is 9.11. The van der Waals surface area contributed by atoms with Gasteiger partial charge in [0, 0.05) is 14.3 Å². The minimum atomic E-state index is 1.09. The molecule has 0 spiro atoms. The monoisotopic (exact) mass is 305 g/mol. The summed E-state index contributed by atoms with van der Waals surface area (Å²) in [4.78, 5) is 0. The second-order valence-electron chi connectivity index (χ2n) is 2.50. The molecule has 1 nitrogen and oxygen atoms in total. The molecule has 0 amide bonds. The Bertz CT molecular complexity index is 436. The van der Waals surface area contributed by atoms with E-state index in [-0.39, 0.29) is 0 Å². The van der Waals surface area contributed by atoms with Crippen LogP contribution in [0.5, 0.6) is 0 Å². The lowest BCUT2D eigenvalue weighted by Crippen LogP contribution is -1.73. The lowest BCUT2D eigenvalue weighted by Gasteiger charge is -1.95. The van der Waals surface area contributed by atoms with Crippen LogP contribution in [0.3, 0.4) is 0 Å². The van der Waals surface area contributed by atoms with E-state index in [1.54, 1.807) is 0 Å². The Labute approximate surface area is 91.2 Å². The van der Waals surface area contributed by atoms with Gasteiger partial charge in [-0.15, -0.1) is 0 Å². The number of fused-ring (bicyclic) bond motifs is 1. The highest BCUT2D eigenvalue weighted by Crippen LogP contribution is 2.34. The highest BCUT2D eigenvalue weighted by atomic mass is 79.9. The Morgan fingerprint density at radius 3 is 2.58 bits per heavy atom. The molecule has 62 valence electrons. The number of halogens is 2. The molecule has 0 unspecified atom stereocenters. The molecule has 0 aliphatic rings. The van der Waals surface area contributed by atoms with Gasteiger partial charge in [0.1, 0.15) is 0 Å². The maximum absolute atomic E-state index is 4.30. The second kappa shape index (κ2) is 3.09. The Morgan fingerprint density at radius 2 is 1.92 bits per heavy atom. The van der Waals surface area contributed by atoms with Crippen molar-refractivity contribution in [1.82, 2.24) is 4.37 Å². The van der Waals surface area contributed by atoms with Gasteiger partial charge in [-0.25, -0.2) is 0 Å². The van der Waals surface area contributed by atoms with Crippen LogP contribution in [0.4, 0.5) is 0 Å². The minimum absolute atomic E-state index is 1.09. The van der Waals surface area contributed by atoms with Crippen LogP contribution in [0.1, 0.15) is 5.69 Å². The molecule has 0 N–H and O–H groups in total. The van der Waals surface area contributed by atoms with Crippen molar-refractivity contribution < 1.29 is 0 Å². The maximum Gasteiger partial charge on any atom is 0.0706 e. The predicted octanol–water partition coefficient (Wildman–Crippen LogP) is 4.13. The molecule has 1 heterocycles. The van der Waals surface area contributed by atoms with Gasteiger partial charge in [-0.2, -0.15) is 4.37 Å². The molecule has 1 aromatic carbocycles. The van der Waals surface area contributed by atoms with Gasteiger partial charge < -0.3 is 0 Å². The van der Waals surface area contributed by atoms with Crippen LogP contribution >= 0.6 is 43.4 Å². The summed E-state index contributed by atoms with van der Waals surface area (Å²) < 4.78 is 7.74. The molecule has 0 radical (unpaired) electrons. The van der Waals surface area contributed by atoms with Crippen LogP contribution in [-0.2, 0) is 0 Å². The zero-order valence-corrected chi connectivity index (χ0v) is 10.3. The van der Waals surface area contributed by atoms with Gasteiger partial charge in [0.15, 0.2) is 0 Å². The zero-order valence-electron chi connectivity index (χ0n) is 6.27. The quantitative estimate of drug-likeness (QED) is 0.713. The summed E-state index contributed by atoms with van der Waals surface area (Å²) in [5.74, 6) is 0. The smallest absolute Gasteiger partial charge is 0.0706 e. The van der Waals surface area contributed by atoms with E-state index in [9.17, 15) is 0 Å². The average Bonchev–Trinajstić information content (AvgIpc) is 2.42. The summed E-state index contributed by atoms with van der Waals surface area (Å²) in [6.07, 6.45) is 0. The van der Waals surface area contributed by atoms with Crippen LogP contribution < -0.4 is 0 Å². The summed E-state index contributed by atoms with van der Waals surface area (Å²) >= 11 is 8.53. The molecule has 0 aliphatic heterocycles. The molecule has 4 heteroatoms. The van der Waals surface area contributed by atoms with Crippen LogP contribution in [-0.4, -0.2) is 4.37 Å². The van der Waals surface area contributed by atoms with E-state index in [1.165, 1.54) is 21.6 Å². The summed E-state index contributed by atoms with van der Waals surface area (Å²) in [5.41, 5.74) is 1.09. The minimum Gasteiger partial charge on any atom is -0.197 e. The SMILES string of the molecule is Cc1nsc2c(Br)ccc(Br)c12. The van der Waals surface area contributed by atoms with Gasteiger partial charge in [0.05, 0.1) is 10.4 Å². The molecule has 0 aliphatic carbocycles. The van der Waals surface area contributed by atoms with Crippen LogP contribution in [0.2, 0.25) is 0 Å². The van der Waals surface area contributed by atoms with E-state index in [0.29, 0.717) is 0 Å². The van der Waals surface area contributed by atoms with E-state index in [0.717, 1.165) is 14.6 Å². The number of hydrogen-bond donors (Lipinski definition) is 0. The summed E-state index contributed by atoms with van der Waals surface area (Å²) in [6, 6.07) is 4.07. The van der Waals surface area contributed by atoms with Crippen molar-refractivity contribution in [2.75, 3.05) is 0 Å². The predicted molar refractivity (Wildman–Crippen MR) is 59.8 cm³/mol. The zero-order chi connectivity index (χ0) is 8.72. The molecule has 0 bridgehead atoms. The molecule has 2 aromatic rings. The molecule has 0 fully saturated rings. The van der Waals surface area contributed by atoms with Gasteiger partial charge in [-0.1, -0.05) is 15.9 Å². The fourth-order valence-corrected chi connectivity index (χ4v) is 3.24. The van der Waals surface area contributed by atoms with Crippen molar-refractivity contribution in [2.24, 2.45) is 0 Å². The Balaban J connectivity index is 2.98. The van der Waals surface area contributed by atoms with E-state index in [1.807, 2.05) is 19.1 Å². The Hall–Kier alpha value is 0.0700. The number of benzene rings is 1. The van der Waals surface area contributed by atoms with E-state index in [4.69, 9.17) is 0 Å². The van der Waals surface area contributed by atoms with Crippen molar-refractivity contribution in [3.05, 3.63) is 26.8 Å². The van der Waals surface area contributed by atoms with Crippen molar-refractivity contribution in [1.29, 1.82) is 0 Å². The molecule has 12 heavy (non-hydrogen) atoms.